The molecule has 148 valence electrons. The predicted octanol–water partition coefficient (Wildman–Crippen LogP) is 3.12. The number of nitrogens with one attached hydrogen (secondary N) is 2. The Morgan fingerprint density at radius 2 is 1.66 bits per heavy atom. The van der Waals surface area contributed by atoms with Crippen LogP contribution in [0.5, 0.6) is 5.75 Å². The van der Waals surface area contributed by atoms with Crippen LogP contribution in [0.2, 0.25) is 0 Å². The Morgan fingerprint density at radius 3 is 2.41 bits per heavy atom. The molecule has 1 atom stereocenters. The summed E-state index contributed by atoms with van der Waals surface area (Å²) in [6, 6.07) is 18.6. The zero-order chi connectivity index (χ0) is 20.8. The predicted molar refractivity (Wildman–Crippen MR) is 107 cm³/mol. The molecule has 0 aliphatic rings. The molecule has 3 amide bonds. The second-order valence-electron chi connectivity index (χ2n) is 6.39. The third-order valence-electron chi connectivity index (χ3n) is 4.31. The lowest BCUT2D eigenvalue weighted by atomic mass is 10.1. The Hall–Kier alpha value is -3.87. The summed E-state index contributed by atoms with van der Waals surface area (Å²) in [7, 11) is 0. The Morgan fingerprint density at radius 1 is 0.966 bits per heavy atom. The average molecular weight is 392 g/mol. The maximum Gasteiger partial charge on any atom is 0.342 e. The number of hydrogen-bond donors (Lipinski definition) is 3. The van der Waals surface area contributed by atoms with Gasteiger partial charge in [-0.2, -0.15) is 0 Å². The van der Waals surface area contributed by atoms with E-state index in [4.69, 9.17) is 4.74 Å². The van der Waals surface area contributed by atoms with Crippen LogP contribution in [0.25, 0.3) is 10.8 Å². The number of phenols is 1. The molecule has 0 radical (unpaired) electrons. The van der Waals surface area contributed by atoms with Crippen LogP contribution >= 0.6 is 0 Å². The van der Waals surface area contributed by atoms with Gasteiger partial charge in [0.1, 0.15) is 11.3 Å². The van der Waals surface area contributed by atoms with E-state index >= 15 is 0 Å². The van der Waals surface area contributed by atoms with Crippen molar-refractivity contribution in [2.24, 2.45) is 0 Å². The number of phenolic OH excluding ortho intramolecular Hbond substituents is 1. The Labute approximate surface area is 167 Å². The lowest BCUT2D eigenvalue weighted by molar-refractivity contribution is -0.127. The third kappa shape index (κ3) is 4.90. The minimum absolute atomic E-state index is 0.0584. The largest absolute Gasteiger partial charge is 0.506 e. The van der Waals surface area contributed by atoms with Gasteiger partial charge in [0.05, 0.1) is 0 Å². The molecule has 0 fully saturated rings. The number of aromatic hydroxyl groups is 1. The van der Waals surface area contributed by atoms with E-state index in [1.165, 1.54) is 13.0 Å². The van der Waals surface area contributed by atoms with Crippen molar-refractivity contribution < 1.29 is 24.2 Å². The molecule has 0 bridgehead atoms. The van der Waals surface area contributed by atoms with Gasteiger partial charge in [0.25, 0.3) is 5.91 Å². The van der Waals surface area contributed by atoms with Crippen LogP contribution in [0.3, 0.4) is 0 Å². The van der Waals surface area contributed by atoms with Crippen LogP contribution in [0.1, 0.15) is 22.8 Å². The summed E-state index contributed by atoms with van der Waals surface area (Å²) in [6.07, 6.45) is -1.23. The minimum Gasteiger partial charge on any atom is -0.506 e. The van der Waals surface area contributed by atoms with Crippen LogP contribution in [-0.4, -0.2) is 29.1 Å². The van der Waals surface area contributed by atoms with Crippen molar-refractivity contribution in [1.82, 2.24) is 10.6 Å². The number of ether oxygens (including phenoxy) is 1. The number of benzene rings is 3. The standard InChI is InChI=1S/C22H20N2O5/c1-14(20(26)24-22(28)23-13-15-7-3-2-4-8-15)29-21(27)18-12-11-16-9-5-6-10-17(16)19(18)25/h2-12,14,25H,13H2,1H3,(H2,23,24,26,28)/t14-/m0/s1. The van der Waals surface area contributed by atoms with E-state index < -0.39 is 24.0 Å². The van der Waals surface area contributed by atoms with Gasteiger partial charge in [-0.3, -0.25) is 10.1 Å². The average Bonchev–Trinajstić information content (AvgIpc) is 2.73. The monoisotopic (exact) mass is 392 g/mol. The van der Waals surface area contributed by atoms with Gasteiger partial charge < -0.3 is 15.2 Å². The number of hydrogen-bond acceptors (Lipinski definition) is 5. The number of amides is 3. The highest BCUT2D eigenvalue weighted by Gasteiger charge is 2.23. The number of rotatable bonds is 5. The van der Waals surface area contributed by atoms with E-state index in [0.29, 0.717) is 5.39 Å². The van der Waals surface area contributed by atoms with Crippen molar-refractivity contribution in [2.45, 2.75) is 19.6 Å². The number of esters is 1. The summed E-state index contributed by atoms with van der Waals surface area (Å²) >= 11 is 0. The van der Waals surface area contributed by atoms with Crippen molar-refractivity contribution in [3.63, 3.8) is 0 Å². The lowest BCUT2D eigenvalue weighted by Crippen LogP contribution is -2.44. The molecule has 0 saturated carbocycles. The molecular weight excluding hydrogens is 372 g/mol. The Balaban J connectivity index is 1.57. The lowest BCUT2D eigenvalue weighted by Gasteiger charge is -2.14. The molecule has 0 spiro atoms. The van der Waals surface area contributed by atoms with Crippen LogP contribution in [0.4, 0.5) is 4.79 Å². The van der Waals surface area contributed by atoms with Crippen LogP contribution in [0.15, 0.2) is 66.7 Å². The van der Waals surface area contributed by atoms with Crippen LogP contribution in [-0.2, 0) is 16.1 Å². The van der Waals surface area contributed by atoms with Gasteiger partial charge in [-0.05, 0) is 23.9 Å². The quantitative estimate of drug-likeness (QED) is 0.579. The fraction of sp³-hybridized carbons (Fsp3) is 0.136. The second-order valence-corrected chi connectivity index (χ2v) is 6.39. The van der Waals surface area contributed by atoms with Crippen molar-refractivity contribution >= 4 is 28.7 Å². The summed E-state index contributed by atoms with van der Waals surface area (Å²) in [5, 5.41) is 16.3. The number of urea groups is 1. The van der Waals surface area contributed by atoms with Crippen molar-refractivity contribution in [3.05, 3.63) is 77.9 Å². The summed E-state index contributed by atoms with van der Waals surface area (Å²) < 4.78 is 5.10. The summed E-state index contributed by atoms with van der Waals surface area (Å²) in [4.78, 5) is 36.3. The van der Waals surface area contributed by atoms with Crippen molar-refractivity contribution in [3.8, 4) is 5.75 Å². The van der Waals surface area contributed by atoms with Gasteiger partial charge in [-0.25, -0.2) is 9.59 Å². The SMILES string of the molecule is C[C@H](OC(=O)c1ccc2ccccc2c1O)C(=O)NC(=O)NCc1ccccc1. The number of fused-ring (bicyclic) bond motifs is 1. The van der Waals surface area contributed by atoms with Crippen molar-refractivity contribution in [1.29, 1.82) is 0 Å². The first-order valence-corrected chi connectivity index (χ1v) is 9.00. The molecule has 3 aromatic carbocycles. The zero-order valence-corrected chi connectivity index (χ0v) is 15.7. The van der Waals surface area contributed by atoms with Gasteiger partial charge in [-0.1, -0.05) is 60.7 Å². The smallest absolute Gasteiger partial charge is 0.342 e. The number of imide groups is 1. The topological polar surface area (TPSA) is 105 Å². The number of carbonyl (C=O) groups is 3. The first-order valence-electron chi connectivity index (χ1n) is 9.00. The molecule has 0 aliphatic heterocycles. The highest BCUT2D eigenvalue weighted by molar-refractivity contribution is 6.03. The Bertz CT molecular complexity index is 1050. The maximum atomic E-state index is 12.4. The second kappa shape index (κ2) is 8.88. The van der Waals surface area contributed by atoms with Crippen LogP contribution < -0.4 is 10.6 Å². The maximum absolute atomic E-state index is 12.4. The molecule has 0 unspecified atom stereocenters. The van der Waals surface area contributed by atoms with E-state index in [1.807, 2.05) is 36.4 Å². The molecule has 0 aliphatic carbocycles. The van der Waals surface area contributed by atoms with E-state index in [0.717, 1.165) is 10.9 Å². The molecule has 0 aromatic heterocycles. The summed E-state index contributed by atoms with van der Waals surface area (Å²) in [5.74, 6) is -1.86. The first kappa shape index (κ1) is 19.9. The Kier molecular flexibility index (Phi) is 6.09. The van der Waals surface area contributed by atoms with E-state index in [1.54, 1.807) is 24.3 Å². The molecule has 3 N–H and O–H groups in total. The molecule has 0 saturated heterocycles. The van der Waals surface area contributed by atoms with Gasteiger partial charge in [0.15, 0.2) is 6.10 Å². The van der Waals surface area contributed by atoms with E-state index in [2.05, 4.69) is 10.6 Å². The first-order chi connectivity index (χ1) is 14.0. The molecular formula is C22H20N2O5. The molecule has 7 heteroatoms. The fourth-order valence-electron chi connectivity index (χ4n) is 2.73. The highest BCUT2D eigenvalue weighted by atomic mass is 16.5. The molecule has 0 heterocycles. The van der Waals surface area contributed by atoms with E-state index in [9.17, 15) is 19.5 Å². The highest BCUT2D eigenvalue weighted by Crippen LogP contribution is 2.29. The third-order valence-corrected chi connectivity index (χ3v) is 4.31. The van der Waals surface area contributed by atoms with Gasteiger partial charge in [0.2, 0.25) is 0 Å². The van der Waals surface area contributed by atoms with Gasteiger partial charge >= 0.3 is 12.0 Å². The fourth-order valence-corrected chi connectivity index (χ4v) is 2.73. The van der Waals surface area contributed by atoms with Gasteiger partial charge in [0, 0.05) is 11.9 Å². The zero-order valence-electron chi connectivity index (χ0n) is 15.7. The molecule has 3 aromatic rings. The van der Waals surface area contributed by atoms with Crippen molar-refractivity contribution in [2.75, 3.05) is 0 Å². The molecule has 3 rings (SSSR count). The van der Waals surface area contributed by atoms with Crippen LogP contribution in [0, 0.1) is 0 Å². The van der Waals surface area contributed by atoms with Gasteiger partial charge in [-0.15, -0.1) is 0 Å². The van der Waals surface area contributed by atoms with E-state index in [-0.39, 0.29) is 17.9 Å². The summed E-state index contributed by atoms with van der Waals surface area (Å²) in [5.41, 5.74) is 0.818. The summed E-state index contributed by atoms with van der Waals surface area (Å²) in [6.45, 7) is 1.59. The molecule has 7 nitrogen and oxygen atoms in total. The number of carbonyl (C=O) groups excluding carboxylic acids is 3. The molecule has 29 heavy (non-hydrogen) atoms. The normalized spacial score (nSPS) is 11.5. The minimum atomic E-state index is -1.23.